The molecule has 1 unspecified atom stereocenters. The van der Waals surface area contributed by atoms with Gasteiger partial charge in [-0.25, -0.2) is 13.4 Å². The van der Waals surface area contributed by atoms with E-state index in [1.165, 1.54) is 31.3 Å². The van der Waals surface area contributed by atoms with Crippen molar-refractivity contribution < 1.29 is 18.7 Å². The minimum atomic E-state index is -2.69. The van der Waals surface area contributed by atoms with Crippen molar-refractivity contribution >= 4 is 21.5 Å². The number of amides is 1. The van der Waals surface area contributed by atoms with Crippen LogP contribution in [0.4, 0.5) is 10.5 Å². The van der Waals surface area contributed by atoms with E-state index in [0.29, 0.717) is 11.3 Å². The van der Waals surface area contributed by atoms with Crippen LogP contribution in [0.3, 0.4) is 0 Å². The Bertz CT molecular complexity index is 891. The molecule has 0 aliphatic rings. The van der Waals surface area contributed by atoms with Crippen molar-refractivity contribution in [1.29, 1.82) is 0 Å². The summed E-state index contributed by atoms with van der Waals surface area (Å²) in [6.45, 7) is 0.462. The van der Waals surface area contributed by atoms with Crippen LogP contribution in [0, 0.1) is 10.1 Å². The van der Waals surface area contributed by atoms with Gasteiger partial charge >= 0.3 is 6.09 Å². The lowest BCUT2D eigenvalue weighted by atomic mass is 10.2. The molecule has 27 heavy (non-hydrogen) atoms. The van der Waals surface area contributed by atoms with Gasteiger partial charge in [0.15, 0.2) is 0 Å². The lowest BCUT2D eigenvalue weighted by Crippen LogP contribution is -2.26. The molecular formula is C18H21N3O5S. The van der Waals surface area contributed by atoms with E-state index in [1.54, 1.807) is 0 Å². The summed E-state index contributed by atoms with van der Waals surface area (Å²) in [6.07, 6.45) is -0.123. The van der Waals surface area contributed by atoms with E-state index in [9.17, 15) is 19.1 Å². The van der Waals surface area contributed by atoms with Gasteiger partial charge in [0.2, 0.25) is 0 Å². The maximum absolute atomic E-state index is 12.9. The quantitative estimate of drug-likeness (QED) is 0.421. The van der Waals surface area contributed by atoms with Crippen LogP contribution < -0.4 is 5.32 Å². The topological polar surface area (TPSA) is 111 Å². The molecule has 0 aliphatic carbocycles. The van der Waals surface area contributed by atoms with E-state index < -0.39 is 20.7 Å². The molecule has 144 valence electrons. The van der Waals surface area contributed by atoms with Gasteiger partial charge in [0.05, 0.1) is 14.7 Å². The molecule has 0 aliphatic heterocycles. The van der Waals surface area contributed by atoms with Gasteiger partial charge in [0.25, 0.3) is 5.69 Å². The second-order valence-electron chi connectivity index (χ2n) is 5.62. The zero-order chi connectivity index (χ0) is 19.7. The van der Waals surface area contributed by atoms with Crippen molar-refractivity contribution in [2.24, 2.45) is 4.36 Å². The molecule has 0 spiro atoms. The molecule has 0 saturated carbocycles. The maximum Gasteiger partial charge on any atom is 0.407 e. The lowest BCUT2D eigenvalue weighted by molar-refractivity contribution is -0.384. The highest BCUT2D eigenvalue weighted by atomic mass is 32.2. The number of carbonyl (C=O) groups excluding carboxylic acids is 1. The standard InChI is InChI=1S/C18H21N3O5S/c1-19-27(25,17-10-8-16(9-11-17)21(23)24)13-5-12-20-18(22)26-14-15-6-3-2-4-7-15/h2-4,6-11H,5,12-14H2,1H3,(H,20,22). The zero-order valence-electron chi connectivity index (χ0n) is 14.9. The molecule has 0 radical (unpaired) electrons. The highest BCUT2D eigenvalue weighted by Gasteiger charge is 2.14. The highest BCUT2D eigenvalue weighted by Crippen LogP contribution is 2.19. The Morgan fingerprint density at radius 3 is 2.44 bits per heavy atom. The molecule has 0 aromatic heterocycles. The molecule has 8 nitrogen and oxygen atoms in total. The van der Waals surface area contributed by atoms with Gasteiger partial charge in [-0.1, -0.05) is 30.3 Å². The fraction of sp³-hybridized carbons (Fsp3) is 0.278. The summed E-state index contributed by atoms with van der Waals surface area (Å²) in [5, 5.41) is 13.3. The Balaban J connectivity index is 1.81. The van der Waals surface area contributed by atoms with Crippen LogP contribution in [0.15, 0.2) is 63.9 Å². The molecule has 2 aromatic rings. The highest BCUT2D eigenvalue weighted by molar-refractivity contribution is 7.93. The molecule has 1 amide bonds. The predicted molar refractivity (Wildman–Crippen MR) is 102 cm³/mol. The van der Waals surface area contributed by atoms with Crippen LogP contribution in [-0.4, -0.2) is 34.6 Å². The second kappa shape index (κ2) is 9.67. The van der Waals surface area contributed by atoms with Gasteiger partial charge in [0.1, 0.15) is 6.61 Å². The average Bonchev–Trinajstić information content (AvgIpc) is 2.70. The number of hydrogen-bond donors (Lipinski definition) is 1. The minimum Gasteiger partial charge on any atom is -0.445 e. The molecule has 2 aromatic carbocycles. The Morgan fingerprint density at radius 2 is 1.85 bits per heavy atom. The Hall–Kier alpha value is -2.94. The van der Waals surface area contributed by atoms with Crippen molar-refractivity contribution in [3.8, 4) is 0 Å². The summed E-state index contributed by atoms with van der Waals surface area (Å²) in [5.41, 5.74) is 0.818. The summed E-state index contributed by atoms with van der Waals surface area (Å²) >= 11 is 0. The number of ether oxygens (including phenoxy) is 1. The summed E-state index contributed by atoms with van der Waals surface area (Å²) in [6, 6.07) is 14.8. The number of hydrogen-bond acceptors (Lipinski definition) is 6. The molecule has 0 fully saturated rings. The number of carbonyl (C=O) groups is 1. The van der Waals surface area contributed by atoms with E-state index in [4.69, 9.17) is 4.74 Å². The molecule has 1 atom stereocenters. The number of nitro benzene ring substituents is 1. The summed E-state index contributed by atoms with van der Waals surface area (Å²) in [7, 11) is -1.24. The predicted octanol–water partition coefficient (Wildman–Crippen LogP) is 3.37. The van der Waals surface area contributed by atoms with Crippen molar-refractivity contribution in [2.45, 2.75) is 17.9 Å². The van der Waals surface area contributed by atoms with E-state index in [2.05, 4.69) is 9.68 Å². The van der Waals surface area contributed by atoms with E-state index >= 15 is 0 Å². The first-order valence-corrected chi connectivity index (χ1v) is 9.95. The molecule has 9 heteroatoms. The monoisotopic (exact) mass is 391 g/mol. The zero-order valence-corrected chi connectivity index (χ0v) is 15.7. The van der Waals surface area contributed by atoms with E-state index in [-0.39, 0.29) is 24.6 Å². The number of nitrogens with one attached hydrogen (secondary N) is 1. The number of rotatable bonds is 8. The average molecular weight is 391 g/mol. The number of benzene rings is 2. The Labute approximate surface area is 157 Å². The fourth-order valence-electron chi connectivity index (χ4n) is 2.33. The molecule has 1 N–H and O–H groups in total. The number of alkyl carbamates (subject to hydrolysis) is 1. The lowest BCUT2D eigenvalue weighted by Gasteiger charge is -2.10. The Morgan fingerprint density at radius 1 is 1.19 bits per heavy atom. The van der Waals surface area contributed by atoms with Crippen LogP contribution in [0.5, 0.6) is 0 Å². The van der Waals surface area contributed by atoms with Crippen LogP contribution in [0.25, 0.3) is 0 Å². The Kier molecular flexibility index (Phi) is 7.30. The first-order chi connectivity index (χ1) is 12.9. The number of nitrogens with zero attached hydrogens (tertiary/aromatic N) is 2. The van der Waals surface area contributed by atoms with Crippen molar-refractivity contribution in [2.75, 3.05) is 19.3 Å². The second-order valence-corrected chi connectivity index (χ2v) is 8.15. The van der Waals surface area contributed by atoms with Gasteiger partial charge in [-0.05, 0) is 24.1 Å². The molecule has 0 bridgehead atoms. The van der Waals surface area contributed by atoms with Crippen molar-refractivity contribution in [1.82, 2.24) is 5.32 Å². The summed E-state index contributed by atoms with van der Waals surface area (Å²) in [5.74, 6) is 0.222. The maximum atomic E-state index is 12.9. The normalized spacial score (nSPS) is 12.6. The van der Waals surface area contributed by atoms with Gasteiger partial charge in [0, 0.05) is 36.4 Å². The van der Waals surface area contributed by atoms with Gasteiger partial charge in [-0.15, -0.1) is 0 Å². The van der Waals surface area contributed by atoms with E-state index in [0.717, 1.165) is 5.56 Å². The molecular weight excluding hydrogens is 370 g/mol. The first kappa shape index (κ1) is 20.4. The minimum absolute atomic E-state index is 0.0700. The number of non-ortho nitro benzene ring substituents is 1. The number of nitro groups is 1. The van der Waals surface area contributed by atoms with Crippen LogP contribution in [0.1, 0.15) is 12.0 Å². The smallest absolute Gasteiger partial charge is 0.407 e. The third-order valence-electron chi connectivity index (χ3n) is 3.79. The molecule has 0 saturated heterocycles. The van der Waals surface area contributed by atoms with Crippen molar-refractivity contribution in [3.63, 3.8) is 0 Å². The van der Waals surface area contributed by atoms with Crippen LogP contribution in [0.2, 0.25) is 0 Å². The first-order valence-electron chi connectivity index (χ1n) is 8.26. The molecule has 2 rings (SSSR count). The van der Waals surface area contributed by atoms with Crippen LogP contribution in [-0.2, 0) is 21.1 Å². The molecule has 0 heterocycles. The fourth-order valence-corrected chi connectivity index (χ4v) is 4.05. The summed E-state index contributed by atoms with van der Waals surface area (Å²) < 4.78 is 22.0. The van der Waals surface area contributed by atoms with E-state index in [1.807, 2.05) is 30.3 Å². The summed E-state index contributed by atoms with van der Waals surface area (Å²) in [4.78, 5) is 22.3. The van der Waals surface area contributed by atoms with Gasteiger partial charge < -0.3 is 10.1 Å². The SMILES string of the molecule is CN=S(=O)(CCCNC(=O)OCc1ccccc1)c1ccc([N+](=O)[O-])cc1. The largest absolute Gasteiger partial charge is 0.445 e. The van der Waals surface area contributed by atoms with Gasteiger partial charge in [-0.2, -0.15) is 0 Å². The third-order valence-corrected chi connectivity index (χ3v) is 6.23. The third kappa shape index (κ3) is 6.07. The van der Waals surface area contributed by atoms with Crippen molar-refractivity contribution in [3.05, 3.63) is 70.3 Å². The van der Waals surface area contributed by atoms with Gasteiger partial charge in [-0.3, -0.25) is 10.1 Å². The van der Waals surface area contributed by atoms with Crippen LogP contribution >= 0.6 is 0 Å².